The number of nitrogens with zero attached hydrogens (tertiary/aromatic N) is 1. The summed E-state index contributed by atoms with van der Waals surface area (Å²) in [5, 5.41) is 0.428. The molecule has 2 aromatic rings. The van der Waals surface area contributed by atoms with Crippen LogP contribution in [0.3, 0.4) is 0 Å². The standard InChI is InChI=1S/C13H15ClN2O2S/c1-6(14)11-15-12(17)10-9(8-3-4-18-5-8)7(2)19-13(10)16-11/h6,8H,3-5H2,1-2H3,(H,15,16,17). The molecule has 1 fully saturated rings. The summed E-state index contributed by atoms with van der Waals surface area (Å²) in [6, 6.07) is 0. The number of aromatic amines is 1. The Morgan fingerprint density at radius 1 is 1.58 bits per heavy atom. The molecule has 1 aliphatic rings. The van der Waals surface area contributed by atoms with E-state index < -0.39 is 0 Å². The lowest BCUT2D eigenvalue weighted by molar-refractivity contribution is 0.194. The summed E-state index contributed by atoms with van der Waals surface area (Å²) in [5.41, 5.74) is 1.03. The summed E-state index contributed by atoms with van der Waals surface area (Å²) >= 11 is 7.57. The molecule has 3 heterocycles. The van der Waals surface area contributed by atoms with Gasteiger partial charge in [0.25, 0.3) is 5.56 Å². The first-order chi connectivity index (χ1) is 9.08. The number of fused-ring (bicyclic) bond motifs is 1. The third-order valence-electron chi connectivity index (χ3n) is 3.52. The molecule has 2 aromatic heterocycles. The molecule has 0 spiro atoms. The van der Waals surface area contributed by atoms with E-state index in [0.717, 1.165) is 33.7 Å². The molecule has 102 valence electrons. The number of halogens is 1. The van der Waals surface area contributed by atoms with Gasteiger partial charge in [0.05, 0.1) is 17.4 Å². The van der Waals surface area contributed by atoms with E-state index >= 15 is 0 Å². The molecule has 0 amide bonds. The minimum Gasteiger partial charge on any atom is -0.381 e. The smallest absolute Gasteiger partial charge is 0.259 e. The van der Waals surface area contributed by atoms with Gasteiger partial charge in [0.15, 0.2) is 0 Å². The van der Waals surface area contributed by atoms with Gasteiger partial charge in [-0.05, 0) is 25.8 Å². The third kappa shape index (κ3) is 2.20. The van der Waals surface area contributed by atoms with Crippen LogP contribution in [0.1, 0.15) is 40.9 Å². The average molecular weight is 299 g/mol. The molecule has 1 saturated heterocycles. The highest BCUT2D eigenvalue weighted by Gasteiger charge is 2.26. The summed E-state index contributed by atoms with van der Waals surface area (Å²) in [4.78, 5) is 21.5. The van der Waals surface area contributed by atoms with Crippen LogP contribution in [0.25, 0.3) is 10.2 Å². The van der Waals surface area contributed by atoms with E-state index in [1.54, 1.807) is 18.3 Å². The fourth-order valence-electron chi connectivity index (χ4n) is 2.60. The van der Waals surface area contributed by atoms with Crippen molar-refractivity contribution in [3.05, 3.63) is 26.6 Å². The van der Waals surface area contributed by atoms with E-state index in [-0.39, 0.29) is 10.9 Å². The summed E-state index contributed by atoms with van der Waals surface area (Å²) < 4.78 is 5.44. The Morgan fingerprint density at radius 2 is 2.37 bits per heavy atom. The number of hydrogen-bond acceptors (Lipinski definition) is 4. The monoisotopic (exact) mass is 298 g/mol. The van der Waals surface area contributed by atoms with E-state index in [9.17, 15) is 4.79 Å². The fraction of sp³-hybridized carbons (Fsp3) is 0.538. The first kappa shape index (κ1) is 13.1. The molecule has 19 heavy (non-hydrogen) atoms. The third-order valence-corrected chi connectivity index (χ3v) is 4.74. The van der Waals surface area contributed by atoms with E-state index in [0.29, 0.717) is 18.3 Å². The maximum Gasteiger partial charge on any atom is 0.259 e. The second kappa shape index (κ2) is 4.89. The number of hydrogen-bond donors (Lipinski definition) is 1. The molecule has 1 N–H and O–H groups in total. The predicted molar refractivity (Wildman–Crippen MR) is 77.4 cm³/mol. The second-order valence-electron chi connectivity index (χ2n) is 4.88. The average Bonchev–Trinajstić information content (AvgIpc) is 2.94. The number of ether oxygens (including phenoxy) is 1. The zero-order valence-electron chi connectivity index (χ0n) is 10.8. The number of nitrogens with one attached hydrogen (secondary N) is 1. The molecule has 6 heteroatoms. The Balaban J connectivity index is 2.23. The van der Waals surface area contributed by atoms with Crippen LogP contribution in [0.15, 0.2) is 4.79 Å². The van der Waals surface area contributed by atoms with Crippen LogP contribution in [0.4, 0.5) is 0 Å². The van der Waals surface area contributed by atoms with Crippen molar-refractivity contribution in [2.24, 2.45) is 0 Å². The number of alkyl halides is 1. The van der Waals surface area contributed by atoms with Gasteiger partial charge in [0.1, 0.15) is 10.7 Å². The van der Waals surface area contributed by atoms with Crippen molar-refractivity contribution in [1.82, 2.24) is 9.97 Å². The number of aryl methyl sites for hydroxylation is 1. The number of thiophene rings is 1. The highest BCUT2D eigenvalue weighted by atomic mass is 35.5. The van der Waals surface area contributed by atoms with Gasteiger partial charge in [-0.1, -0.05) is 0 Å². The van der Waals surface area contributed by atoms with Gasteiger partial charge in [-0.25, -0.2) is 4.98 Å². The summed E-state index contributed by atoms with van der Waals surface area (Å²) in [7, 11) is 0. The molecule has 0 radical (unpaired) electrons. The fourth-order valence-corrected chi connectivity index (χ4v) is 3.82. The van der Waals surface area contributed by atoms with Crippen molar-refractivity contribution < 1.29 is 4.74 Å². The highest BCUT2D eigenvalue weighted by Crippen LogP contribution is 2.37. The molecule has 0 aliphatic carbocycles. The predicted octanol–water partition coefficient (Wildman–Crippen LogP) is 3.10. The molecular formula is C13H15ClN2O2S. The van der Waals surface area contributed by atoms with Crippen molar-refractivity contribution in [2.75, 3.05) is 13.2 Å². The van der Waals surface area contributed by atoms with Gasteiger partial charge in [-0.15, -0.1) is 22.9 Å². The maximum absolute atomic E-state index is 12.3. The van der Waals surface area contributed by atoms with E-state index in [4.69, 9.17) is 16.3 Å². The van der Waals surface area contributed by atoms with Crippen molar-refractivity contribution in [3.8, 4) is 0 Å². The minimum atomic E-state index is -0.294. The van der Waals surface area contributed by atoms with Crippen LogP contribution in [-0.2, 0) is 4.74 Å². The van der Waals surface area contributed by atoms with Gasteiger partial charge in [-0.3, -0.25) is 4.79 Å². The Kier molecular flexibility index (Phi) is 3.37. The quantitative estimate of drug-likeness (QED) is 0.867. The van der Waals surface area contributed by atoms with Crippen LogP contribution >= 0.6 is 22.9 Å². The van der Waals surface area contributed by atoms with Crippen molar-refractivity contribution in [1.29, 1.82) is 0 Å². The zero-order valence-corrected chi connectivity index (χ0v) is 12.4. The molecule has 0 aromatic carbocycles. The molecule has 2 unspecified atom stereocenters. The zero-order chi connectivity index (χ0) is 13.6. The molecule has 4 nitrogen and oxygen atoms in total. The molecule has 0 saturated carbocycles. The van der Waals surface area contributed by atoms with Crippen LogP contribution < -0.4 is 5.56 Å². The normalized spacial score (nSPS) is 21.1. The molecule has 0 bridgehead atoms. The van der Waals surface area contributed by atoms with Gasteiger partial charge < -0.3 is 9.72 Å². The lowest BCUT2D eigenvalue weighted by Crippen LogP contribution is -2.13. The molecule has 3 rings (SSSR count). The first-order valence-electron chi connectivity index (χ1n) is 6.33. The lowest BCUT2D eigenvalue weighted by atomic mass is 9.97. The van der Waals surface area contributed by atoms with Crippen molar-refractivity contribution in [3.63, 3.8) is 0 Å². The van der Waals surface area contributed by atoms with Gasteiger partial charge in [0, 0.05) is 17.4 Å². The Hall–Kier alpha value is -0.910. The summed E-state index contributed by atoms with van der Waals surface area (Å²) in [6.07, 6.45) is 0.972. The molecule has 2 atom stereocenters. The largest absolute Gasteiger partial charge is 0.381 e. The first-order valence-corrected chi connectivity index (χ1v) is 7.58. The van der Waals surface area contributed by atoms with Gasteiger partial charge in [0.2, 0.25) is 0 Å². The summed E-state index contributed by atoms with van der Waals surface area (Å²) in [6.45, 7) is 5.31. The van der Waals surface area contributed by atoms with Crippen molar-refractivity contribution >= 4 is 33.2 Å². The van der Waals surface area contributed by atoms with Crippen LogP contribution in [0.5, 0.6) is 0 Å². The lowest BCUT2D eigenvalue weighted by Gasteiger charge is -2.08. The van der Waals surface area contributed by atoms with Gasteiger partial charge in [-0.2, -0.15) is 0 Å². The second-order valence-corrected chi connectivity index (χ2v) is 6.74. The SMILES string of the molecule is Cc1sc2nc(C(C)Cl)[nH]c(=O)c2c1C1CCOC1. The van der Waals surface area contributed by atoms with E-state index in [1.807, 2.05) is 6.92 Å². The Bertz CT molecular complexity index is 671. The molecular weight excluding hydrogens is 284 g/mol. The van der Waals surface area contributed by atoms with Crippen LogP contribution in [-0.4, -0.2) is 23.2 Å². The van der Waals surface area contributed by atoms with Crippen molar-refractivity contribution in [2.45, 2.75) is 31.6 Å². The Morgan fingerprint density at radius 3 is 3.00 bits per heavy atom. The number of aromatic nitrogens is 2. The summed E-state index contributed by atoms with van der Waals surface area (Å²) in [5.74, 6) is 0.852. The number of rotatable bonds is 2. The molecule has 1 aliphatic heterocycles. The van der Waals surface area contributed by atoms with E-state index in [2.05, 4.69) is 9.97 Å². The number of H-pyrrole nitrogens is 1. The van der Waals surface area contributed by atoms with Crippen LogP contribution in [0.2, 0.25) is 0 Å². The van der Waals surface area contributed by atoms with Crippen LogP contribution in [0, 0.1) is 6.92 Å². The van der Waals surface area contributed by atoms with E-state index in [1.165, 1.54) is 0 Å². The minimum absolute atomic E-state index is 0.0845. The Labute approximate surface area is 119 Å². The highest BCUT2D eigenvalue weighted by molar-refractivity contribution is 7.18. The van der Waals surface area contributed by atoms with Gasteiger partial charge >= 0.3 is 0 Å². The topological polar surface area (TPSA) is 55.0 Å². The maximum atomic E-state index is 12.3.